The van der Waals surface area contributed by atoms with Crippen LogP contribution >= 0.6 is 0 Å². The number of carbonyl (C=O) groups excluding carboxylic acids is 3. The Morgan fingerprint density at radius 2 is 1.70 bits per heavy atom. The largest absolute Gasteiger partial charge is 0.451 e. The molecule has 1 heterocycles. The molecule has 27 heavy (non-hydrogen) atoms. The fourth-order valence-electron chi connectivity index (χ4n) is 2.26. The Labute approximate surface area is 153 Å². The van der Waals surface area contributed by atoms with Crippen LogP contribution in [0.25, 0.3) is 10.9 Å². The van der Waals surface area contributed by atoms with Crippen molar-refractivity contribution in [2.75, 3.05) is 11.9 Å². The molecule has 0 bridgehead atoms. The fourth-order valence-corrected chi connectivity index (χ4v) is 2.26. The van der Waals surface area contributed by atoms with Crippen LogP contribution in [0.4, 0.5) is 14.9 Å². The van der Waals surface area contributed by atoms with E-state index in [0.29, 0.717) is 5.52 Å². The molecular formula is C19H14FN3O4. The van der Waals surface area contributed by atoms with Crippen LogP contribution in [-0.2, 0) is 9.53 Å². The summed E-state index contributed by atoms with van der Waals surface area (Å²) in [7, 11) is 0. The average molecular weight is 367 g/mol. The van der Waals surface area contributed by atoms with E-state index in [4.69, 9.17) is 4.74 Å². The van der Waals surface area contributed by atoms with Crippen LogP contribution in [0.3, 0.4) is 0 Å². The van der Waals surface area contributed by atoms with E-state index in [1.165, 1.54) is 24.3 Å². The molecule has 7 nitrogen and oxygen atoms in total. The van der Waals surface area contributed by atoms with Gasteiger partial charge in [0.15, 0.2) is 6.61 Å². The number of esters is 1. The summed E-state index contributed by atoms with van der Waals surface area (Å²) in [6.07, 6.45) is 0. The summed E-state index contributed by atoms with van der Waals surface area (Å²) < 4.78 is 18.3. The van der Waals surface area contributed by atoms with Gasteiger partial charge in [-0.3, -0.25) is 10.1 Å². The molecule has 2 N–H and O–H groups in total. The van der Waals surface area contributed by atoms with Crippen molar-refractivity contribution < 1.29 is 23.5 Å². The van der Waals surface area contributed by atoms with E-state index in [1.54, 1.807) is 18.2 Å². The minimum atomic E-state index is -0.940. The third kappa shape index (κ3) is 4.63. The lowest BCUT2D eigenvalue weighted by molar-refractivity contribution is -0.123. The van der Waals surface area contributed by atoms with Crippen LogP contribution in [-0.4, -0.2) is 29.5 Å². The van der Waals surface area contributed by atoms with E-state index in [9.17, 15) is 18.8 Å². The van der Waals surface area contributed by atoms with Crippen molar-refractivity contribution >= 4 is 34.5 Å². The van der Waals surface area contributed by atoms with Crippen LogP contribution in [0.15, 0.2) is 60.7 Å². The predicted octanol–water partition coefficient (Wildman–Crippen LogP) is 2.88. The molecule has 3 rings (SSSR count). The maximum Gasteiger partial charge on any atom is 0.357 e. The van der Waals surface area contributed by atoms with Gasteiger partial charge >= 0.3 is 12.0 Å². The second-order valence-corrected chi connectivity index (χ2v) is 5.45. The van der Waals surface area contributed by atoms with E-state index in [2.05, 4.69) is 10.3 Å². The number of imide groups is 1. The zero-order valence-corrected chi connectivity index (χ0v) is 13.9. The Hall–Kier alpha value is -3.81. The van der Waals surface area contributed by atoms with Crippen LogP contribution in [0.1, 0.15) is 10.5 Å². The number of hydrogen-bond acceptors (Lipinski definition) is 5. The summed E-state index contributed by atoms with van der Waals surface area (Å²) in [6.45, 7) is -0.683. The predicted molar refractivity (Wildman–Crippen MR) is 95.6 cm³/mol. The van der Waals surface area contributed by atoms with E-state index in [0.717, 1.165) is 11.5 Å². The number of rotatable bonds is 4. The molecule has 1 aromatic heterocycles. The molecule has 0 radical (unpaired) electrons. The summed E-state index contributed by atoms with van der Waals surface area (Å²) in [4.78, 5) is 39.5. The van der Waals surface area contributed by atoms with Crippen molar-refractivity contribution in [3.8, 4) is 0 Å². The molecule has 0 unspecified atom stereocenters. The van der Waals surface area contributed by atoms with E-state index in [-0.39, 0.29) is 11.4 Å². The number of hydrogen-bond donors (Lipinski definition) is 2. The molecule has 3 amide bonds. The standard InChI is InChI=1S/C19H14FN3O4/c20-13-6-2-4-8-15(13)22-19(26)23-17(24)11-27-18(25)16-10-9-12-5-1-3-7-14(12)21-16/h1-10H,11H2,(H2,22,23,24,26). The normalized spacial score (nSPS) is 10.3. The zero-order valence-electron chi connectivity index (χ0n) is 13.9. The molecule has 0 aliphatic carbocycles. The number of carbonyl (C=O) groups is 3. The first-order valence-electron chi connectivity index (χ1n) is 7.91. The number of anilines is 1. The maximum absolute atomic E-state index is 13.4. The van der Waals surface area contributed by atoms with Crippen molar-refractivity contribution in [1.29, 1.82) is 0 Å². The Morgan fingerprint density at radius 3 is 2.52 bits per heavy atom. The van der Waals surface area contributed by atoms with Gasteiger partial charge < -0.3 is 10.1 Å². The lowest BCUT2D eigenvalue weighted by atomic mass is 10.2. The number of halogens is 1. The maximum atomic E-state index is 13.4. The zero-order chi connectivity index (χ0) is 19.2. The van der Waals surface area contributed by atoms with Crippen LogP contribution < -0.4 is 10.6 Å². The van der Waals surface area contributed by atoms with Crippen LogP contribution in [0.5, 0.6) is 0 Å². The number of aromatic nitrogens is 1. The van der Waals surface area contributed by atoms with Crippen molar-refractivity contribution in [3.63, 3.8) is 0 Å². The number of fused-ring (bicyclic) bond motifs is 1. The number of nitrogens with one attached hydrogen (secondary N) is 2. The van der Waals surface area contributed by atoms with Gasteiger partial charge in [0, 0.05) is 5.39 Å². The highest BCUT2D eigenvalue weighted by atomic mass is 19.1. The summed E-state index contributed by atoms with van der Waals surface area (Å²) >= 11 is 0. The number of urea groups is 1. The van der Waals surface area contributed by atoms with Gasteiger partial charge in [-0.1, -0.05) is 36.4 Å². The van der Waals surface area contributed by atoms with Gasteiger partial charge in [0.05, 0.1) is 11.2 Å². The van der Waals surface area contributed by atoms with Crippen molar-refractivity contribution in [3.05, 3.63) is 72.2 Å². The number of ether oxygens (including phenoxy) is 1. The van der Waals surface area contributed by atoms with Crippen molar-refractivity contribution in [2.45, 2.75) is 0 Å². The van der Waals surface area contributed by atoms with E-state index >= 15 is 0 Å². The lowest BCUT2D eigenvalue weighted by Crippen LogP contribution is -2.37. The van der Waals surface area contributed by atoms with Gasteiger partial charge in [0.1, 0.15) is 11.5 Å². The minimum Gasteiger partial charge on any atom is -0.451 e. The number of benzene rings is 2. The number of para-hydroxylation sites is 2. The minimum absolute atomic E-state index is 0.0392. The highest BCUT2D eigenvalue weighted by molar-refractivity contribution is 6.02. The summed E-state index contributed by atoms with van der Waals surface area (Å²) in [5.41, 5.74) is 0.568. The van der Waals surface area contributed by atoms with Gasteiger partial charge in [0.2, 0.25) is 0 Å². The topological polar surface area (TPSA) is 97.4 Å². The second kappa shape index (κ2) is 8.05. The van der Waals surface area contributed by atoms with Crippen LogP contribution in [0, 0.1) is 5.82 Å². The Bertz CT molecular complexity index is 1020. The number of nitrogens with zero attached hydrogens (tertiary/aromatic N) is 1. The second-order valence-electron chi connectivity index (χ2n) is 5.45. The Balaban J connectivity index is 1.52. The quantitative estimate of drug-likeness (QED) is 0.691. The highest BCUT2D eigenvalue weighted by Gasteiger charge is 2.14. The first-order valence-corrected chi connectivity index (χ1v) is 7.91. The third-order valence-electron chi connectivity index (χ3n) is 3.52. The molecule has 3 aromatic rings. The van der Waals surface area contributed by atoms with Crippen molar-refractivity contribution in [1.82, 2.24) is 10.3 Å². The molecule has 0 spiro atoms. The third-order valence-corrected chi connectivity index (χ3v) is 3.52. The monoisotopic (exact) mass is 367 g/mol. The number of pyridine rings is 1. The van der Waals surface area contributed by atoms with Gasteiger partial charge in [-0.05, 0) is 24.3 Å². The number of amides is 3. The molecule has 136 valence electrons. The first-order chi connectivity index (χ1) is 13.0. The first kappa shape index (κ1) is 18.0. The average Bonchev–Trinajstić information content (AvgIpc) is 2.67. The summed E-state index contributed by atoms with van der Waals surface area (Å²) in [5.74, 6) is -2.31. The molecule has 0 saturated carbocycles. The smallest absolute Gasteiger partial charge is 0.357 e. The summed E-state index contributed by atoms with van der Waals surface area (Å²) in [6, 6.07) is 15.0. The fraction of sp³-hybridized carbons (Fsp3) is 0.0526. The molecule has 0 fully saturated rings. The lowest BCUT2D eigenvalue weighted by Gasteiger charge is -2.08. The molecule has 0 aliphatic rings. The van der Waals surface area contributed by atoms with Gasteiger partial charge in [-0.15, -0.1) is 0 Å². The SMILES string of the molecule is O=C(COC(=O)c1ccc2ccccc2n1)NC(=O)Nc1ccccc1F. The molecule has 0 atom stereocenters. The molecule has 2 aromatic carbocycles. The molecule has 0 aliphatic heterocycles. The highest BCUT2D eigenvalue weighted by Crippen LogP contribution is 2.13. The van der Waals surface area contributed by atoms with E-state index < -0.39 is 30.3 Å². The Kier molecular flexibility index (Phi) is 5.36. The van der Waals surface area contributed by atoms with Gasteiger partial charge in [-0.2, -0.15) is 0 Å². The van der Waals surface area contributed by atoms with E-state index in [1.807, 2.05) is 17.4 Å². The Morgan fingerprint density at radius 1 is 0.963 bits per heavy atom. The molecule has 0 saturated heterocycles. The molecular weight excluding hydrogens is 353 g/mol. The van der Waals surface area contributed by atoms with Crippen LogP contribution in [0.2, 0.25) is 0 Å². The van der Waals surface area contributed by atoms with Gasteiger partial charge in [0.25, 0.3) is 5.91 Å². The van der Waals surface area contributed by atoms with Gasteiger partial charge in [-0.25, -0.2) is 19.0 Å². The molecule has 8 heteroatoms. The summed E-state index contributed by atoms with van der Waals surface area (Å²) in [5, 5.41) is 4.98. The van der Waals surface area contributed by atoms with Crippen molar-refractivity contribution in [2.24, 2.45) is 0 Å².